The molecule has 0 spiro atoms. The van der Waals surface area contributed by atoms with Crippen molar-refractivity contribution in [3.05, 3.63) is 34.4 Å². The molecule has 2 heterocycles. The van der Waals surface area contributed by atoms with E-state index in [0.29, 0.717) is 40.9 Å². The quantitative estimate of drug-likeness (QED) is 0.814. The van der Waals surface area contributed by atoms with Crippen LogP contribution >= 0.6 is 11.3 Å². The van der Waals surface area contributed by atoms with Crippen molar-refractivity contribution in [1.29, 1.82) is 0 Å². The van der Waals surface area contributed by atoms with E-state index in [0.717, 1.165) is 0 Å². The number of aromatic nitrogens is 3. The Labute approximate surface area is 138 Å². The molecule has 1 amide bonds. The van der Waals surface area contributed by atoms with E-state index < -0.39 is 0 Å². The van der Waals surface area contributed by atoms with Gasteiger partial charge in [0.2, 0.25) is 0 Å². The summed E-state index contributed by atoms with van der Waals surface area (Å²) in [5, 5.41) is 4.86. The number of anilines is 1. The molecular weight excluding hydrogens is 316 g/mol. The molecule has 23 heavy (non-hydrogen) atoms. The zero-order chi connectivity index (χ0) is 16.8. The molecule has 0 aromatic carbocycles. The largest absolute Gasteiger partial charge is 0.466 e. The number of amides is 1. The Morgan fingerprint density at radius 1 is 1.30 bits per heavy atom. The van der Waals surface area contributed by atoms with Crippen molar-refractivity contribution < 1.29 is 14.3 Å². The molecule has 122 valence electrons. The van der Waals surface area contributed by atoms with E-state index in [-0.39, 0.29) is 18.3 Å². The summed E-state index contributed by atoms with van der Waals surface area (Å²) in [6.45, 7) is 5.79. The summed E-state index contributed by atoms with van der Waals surface area (Å²) in [5.41, 5.74) is 1.69. The zero-order valence-corrected chi connectivity index (χ0v) is 14.1. The SMILES string of the molecule is CCOC(=O)Cc1csc(NC(=O)c2cnc(C)nc2CC)n1. The van der Waals surface area contributed by atoms with Gasteiger partial charge in [-0.1, -0.05) is 6.92 Å². The lowest BCUT2D eigenvalue weighted by atomic mass is 10.2. The van der Waals surface area contributed by atoms with Crippen LogP contribution in [0.25, 0.3) is 0 Å². The van der Waals surface area contributed by atoms with Crippen LogP contribution in [0, 0.1) is 6.92 Å². The normalized spacial score (nSPS) is 10.4. The van der Waals surface area contributed by atoms with Crippen molar-refractivity contribution in [3.8, 4) is 0 Å². The van der Waals surface area contributed by atoms with Gasteiger partial charge in [-0.3, -0.25) is 14.9 Å². The van der Waals surface area contributed by atoms with Gasteiger partial charge >= 0.3 is 5.97 Å². The molecule has 0 fully saturated rings. The topological polar surface area (TPSA) is 94.1 Å². The number of nitrogens with one attached hydrogen (secondary N) is 1. The highest BCUT2D eigenvalue weighted by Crippen LogP contribution is 2.18. The third-order valence-electron chi connectivity index (χ3n) is 2.97. The maximum Gasteiger partial charge on any atom is 0.311 e. The number of carbonyl (C=O) groups is 2. The highest BCUT2D eigenvalue weighted by atomic mass is 32.1. The van der Waals surface area contributed by atoms with Crippen molar-refractivity contribution in [2.24, 2.45) is 0 Å². The fourth-order valence-electron chi connectivity index (χ4n) is 1.95. The highest BCUT2D eigenvalue weighted by molar-refractivity contribution is 7.14. The summed E-state index contributed by atoms with van der Waals surface area (Å²) in [6.07, 6.45) is 2.25. The number of hydrogen-bond acceptors (Lipinski definition) is 7. The number of hydrogen-bond donors (Lipinski definition) is 1. The first-order valence-corrected chi connectivity index (χ1v) is 8.15. The molecule has 2 rings (SSSR count). The second kappa shape index (κ2) is 7.77. The third kappa shape index (κ3) is 4.56. The number of thiazole rings is 1. The summed E-state index contributed by atoms with van der Waals surface area (Å²) in [5.74, 6) is -0.0147. The minimum Gasteiger partial charge on any atom is -0.466 e. The zero-order valence-electron chi connectivity index (χ0n) is 13.3. The number of nitrogens with zero attached hydrogens (tertiary/aromatic N) is 3. The predicted molar refractivity (Wildman–Crippen MR) is 86.6 cm³/mol. The van der Waals surface area contributed by atoms with E-state index >= 15 is 0 Å². The Morgan fingerprint density at radius 3 is 2.78 bits per heavy atom. The summed E-state index contributed by atoms with van der Waals surface area (Å²) < 4.78 is 4.87. The fourth-order valence-corrected chi connectivity index (χ4v) is 2.65. The molecule has 0 radical (unpaired) electrons. The number of aryl methyl sites for hydroxylation is 2. The minimum atomic E-state index is -0.337. The van der Waals surface area contributed by atoms with Crippen LogP contribution in [0.5, 0.6) is 0 Å². The molecule has 1 N–H and O–H groups in total. The van der Waals surface area contributed by atoms with Crippen LogP contribution in [0.1, 0.15) is 41.4 Å². The van der Waals surface area contributed by atoms with Crippen molar-refractivity contribution in [3.63, 3.8) is 0 Å². The summed E-state index contributed by atoms with van der Waals surface area (Å²) >= 11 is 1.26. The van der Waals surface area contributed by atoms with Crippen molar-refractivity contribution in [2.45, 2.75) is 33.6 Å². The van der Waals surface area contributed by atoms with Crippen molar-refractivity contribution in [2.75, 3.05) is 11.9 Å². The van der Waals surface area contributed by atoms with Crippen LogP contribution in [0.3, 0.4) is 0 Å². The van der Waals surface area contributed by atoms with E-state index in [9.17, 15) is 9.59 Å². The Kier molecular flexibility index (Phi) is 5.75. The molecule has 0 aliphatic heterocycles. The van der Waals surface area contributed by atoms with Gasteiger partial charge in [0.25, 0.3) is 5.91 Å². The smallest absolute Gasteiger partial charge is 0.311 e. The predicted octanol–water partition coefficient (Wildman–Crippen LogP) is 2.16. The lowest BCUT2D eigenvalue weighted by molar-refractivity contribution is -0.142. The Bertz CT molecular complexity index is 714. The highest BCUT2D eigenvalue weighted by Gasteiger charge is 2.15. The molecule has 0 aliphatic carbocycles. The van der Waals surface area contributed by atoms with Gasteiger partial charge in [0.1, 0.15) is 5.82 Å². The molecule has 0 bridgehead atoms. The maximum atomic E-state index is 12.3. The van der Waals surface area contributed by atoms with E-state index in [2.05, 4.69) is 20.3 Å². The first-order valence-electron chi connectivity index (χ1n) is 7.27. The summed E-state index contributed by atoms with van der Waals surface area (Å²) in [7, 11) is 0. The van der Waals surface area contributed by atoms with Gasteiger partial charge in [0.05, 0.1) is 30.0 Å². The molecule has 0 atom stereocenters. The van der Waals surface area contributed by atoms with Gasteiger partial charge in [-0.25, -0.2) is 15.0 Å². The average Bonchev–Trinajstić information content (AvgIpc) is 2.94. The second-order valence-electron chi connectivity index (χ2n) is 4.71. The van der Waals surface area contributed by atoms with Gasteiger partial charge < -0.3 is 4.74 Å². The first kappa shape index (κ1) is 17.0. The number of esters is 1. The standard InChI is InChI=1S/C15H18N4O3S/c1-4-12-11(7-16-9(3)17-12)14(21)19-15-18-10(8-23-15)6-13(20)22-5-2/h7-8H,4-6H2,1-3H3,(H,18,19,21). The molecular formula is C15H18N4O3S. The van der Waals surface area contributed by atoms with Gasteiger partial charge in [-0.05, 0) is 20.3 Å². The summed E-state index contributed by atoms with van der Waals surface area (Å²) in [4.78, 5) is 36.3. The lowest BCUT2D eigenvalue weighted by Gasteiger charge is -2.06. The molecule has 7 nitrogen and oxygen atoms in total. The van der Waals surface area contributed by atoms with Crippen molar-refractivity contribution >= 4 is 28.3 Å². The van der Waals surface area contributed by atoms with Crippen molar-refractivity contribution in [1.82, 2.24) is 15.0 Å². The van der Waals surface area contributed by atoms with Gasteiger partial charge in [-0.2, -0.15) is 0 Å². The lowest BCUT2D eigenvalue weighted by Crippen LogP contribution is -2.16. The molecule has 0 aliphatic rings. The second-order valence-corrected chi connectivity index (χ2v) is 5.57. The Balaban J connectivity index is 2.06. The number of ether oxygens (including phenoxy) is 1. The molecule has 2 aromatic rings. The fraction of sp³-hybridized carbons (Fsp3) is 0.400. The van der Waals surface area contributed by atoms with Crippen LogP contribution in [0.2, 0.25) is 0 Å². The molecule has 0 saturated heterocycles. The van der Waals surface area contributed by atoms with Crippen LogP contribution in [-0.2, 0) is 22.4 Å². The Hall–Kier alpha value is -2.35. The van der Waals surface area contributed by atoms with E-state index in [1.807, 2.05) is 6.92 Å². The first-order chi connectivity index (χ1) is 11.0. The van der Waals surface area contributed by atoms with E-state index in [1.54, 1.807) is 19.2 Å². The molecule has 0 saturated carbocycles. The number of rotatable bonds is 6. The van der Waals surface area contributed by atoms with E-state index in [1.165, 1.54) is 17.5 Å². The molecule has 2 aromatic heterocycles. The van der Waals surface area contributed by atoms with Crippen LogP contribution in [0.15, 0.2) is 11.6 Å². The Morgan fingerprint density at radius 2 is 2.09 bits per heavy atom. The third-order valence-corrected chi connectivity index (χ3v) is 3.78. The summed E-state index contributed by atoms with van der Waals surface area (Å²) in [6, 6.07) is 0. The van der Waals surface area contributed by atoms with Crippen LogP contribution in [-0.4, -0.2) is 33.4 Å². The van der Waals surface area contributed by atoms with E-state index in [4.69, 9.17) is 4.74 Å². The average molecular weight is 334 g/mol. The van der Waals surface area contributed by atoms with Gasteiger partial charge in [0, 0.05) is 11.6 Å². The number of carbonyl (C=O) groups excluding carboxylic acids is 2. The monoisotopic (exact) mass is 334 g/mol. The maximum absolute atomic E-state index is 12.3. The van der Waals surface area contributed by atoms with Gasteiger partial charge in [0.15, 0.2) is 5.13 Å². The van der Waals surface area contributed by atoms with Crippen LogP contribution < -0.4 is 5.32 Å². The molecule has 8 heteroatoms. The minimum absolute atomic E-state index is 0.0913. The molecule has 0 unspecified atom stereocenters. The van der Waals surface area contributed by atoms with Crippen LogP contribution in [0.4, 0.5) is 5.13 Å². The van der Waals surface area contributed by atoms with Gasteiger partial charge in [-0.15, -0.1) is 11.3 Å².